The zero-order valence-corrected chi connectivity index (χ0v) is 10.5. The topological polar surface area (TPSA) is 24.5 Å². The average Bonchev–Trinajstić information content (AvgIpc) is 2.78. The lowest BCUT2D eigenvalue weighted by Crippen LogP contribution is -2.37. The third-order valence-corrected chi connectivity index (χ3v) is 3.21. The fourth-order valence-corrected chi connectivity index (χ4v) is 2.04. The van der Waals surface area contributed by atoms with E-state index in [1.807, 2.05) is 36.2 Å². The highest BCUT2D eigenvalue weighted by Crippen LogP contribution is 2.27. The van der Waals surface area contributed by atoms with Crippen LogP contribution in [-0.2, 0) is 4.74 Å². The van der Waals surface area contributed by atoms with Gasteiger partial charge in [-0.3, -0.25) is 0 Å². The summed E-state index contributed by atoms with van der Waals surface area (Å²) >= 11 is 11.1. The fraction of sp³-hybridized carbons (Fsp3) is 0.364. The minimum atomic E-state index is -0.0998. The van der Waals surface area contributed by atoms with Crippen molar-refractivity contribution in [2.24, 2.45) is 0 Å². The number of halogens is 1. The number of nitrogens with zero attached hydrogens (tertiary/aromatic N) is 1. The second kappa shape index (κ2) is 4.99. The minimum Gasteiger partial charge on any atom is -0.366 e. The molecule has 1 atom stereocenters. The van der Waals surface area contributed by atoms with E-state index in [-0.39, 0.29) is 6.23 Å². The van der Waals surface area contributed by atoms with Crippen LogP contribution in [0.4, 0.5) is 0 Å². The van der Waals surface area contributed by atoms with E-state index in [0.29, 0.717) is 11.7 Å². The molecule has 0 radical (unpaired) electrons. The van der Waals surface area contributed by atoms with Gasteiger partial charge in [0.25, 0.3) is 0 Å². The lowest BCUT2D eigenvalue weighted by atomic mass is 10.2. The van der Waals surface area contributed by atoms with Gasteiger partial charge in [-0.05, 0) is 24.4 Å². The first-order chi connectivity index (χ1) is 7.72. The standard InChI is InChI=1S/C11H13ClN2OS/c1-13-11(16)14-6-7-15-10(14)8-2-4-9(12)5-3-8/h2-5,10H,6-7H2,1H3,(H,13,16)/t10-/m1/s1. The Hall–Kier alpha value is -0.840. The minimum absolute atomic E-state index is 0.0998. The van der Waals surface area contributed by atoms with Gasteiger partial charge < -0.3 is 15.0 Å². The molecule has 2 rings (SSSR count). The Labute approximate surface area is 105 Å². The van der Waals surface area contributed by atoms with E-state index in [2.05, 4.69) is 5.32 Å². The van der Waals surface area contributed by atoms with Crippen LogP contribution in [0.15, 0.2) is 24.3 Å². The predicted molar refractivity (Wildman–Crippen MR) is 68.5 cm³/mol. The van der Waals surface area contributed by atoms with Gasteiger partial charge in [-0.15, -0.1) is 0 Å². The molecule has 5 heteroatoms. The molecule has 1 heterocycles. The molecule has 16 heavy (non-hydrogen) atoms. The second-order valence-electron chi connectivity index (χ2n) is 3.52. The summed E-state index contributed by atoms with van der Waals surface area (Å²) in [5, 5.41) is 4.40. The monoisotopic (exact) mass is 256 g/mol. The number of rotatable bonds is 1. The molecule has 0 aromatic heterocycles. The van der Waals surface area contributed by atoms with Gasteiger partial charge >= 0.3 is 0 Å². The molecular weight excluding hydrogens is 244 g/mol. The second-order valence-corrected chi connectivity index (χ2v) is 4.35. The first-order valence-corrected chi connectivity index (χ1v) is 5.86. The zero-order chi connectivity index (χ0) is 11.5. The molecule has 0 aliphatic carbocycles. The summed E-state index contributed by atoms with van der Waals surface area (Å²) in [5.41, 5.74) is 1.07. The van der Waals surface area contributed by atoms with Gasteiger partial charge in [0, 0.05) is 24.2 Å². The molecular formula is C11H13ClN2OS. The summed E-state index contributed by atoms with van der Waals surface area (Å²) < 4.78 is 5.67. The number of benzene rings is 1. The number of thiocarbonyl (C=S) groups is 1. The van der Waals surface area contributed by atoms with Crippen molar-refractivity contribution in [3.05, 3.63) is 34.9 Å². The van der Waals surface area contributed by atoms with Crippen molar-refractivity contribution in [2.75, 3.05) is 20.2 Å². The summed E-state index contributed by atoms with van der Waals surface area (Å²) in [6.45, 7) is 1.50. The third kappa shape index (κ3) is 2.29. The first-order valence-electron chi connectivity index (χ1n) is 5.08. The van der Waals surface area contributed by atoms with Crippen molar-refractivity contribution in [1.29, 1.82) is 0 Å². The van der Waals surface area contributed by atoms with Crippen LogP contribution in [0.5, 0.6) is 0 Å². The molecule has 1 fully saturated rings. The Morgan fingerprint density at radius 2 is 2.19 bits per heavy atom. The largest absolute Gasteiger partial charge is 0.366 e. The summed E-state index contributed by atoms with van der Waals surface area (Å²) in [6.07, 6.45) is -0.0998. The highest BCUT2D eigenvalue weighted by Gasteiger charge is 2.28. The number of ether oxygens (including phenoxy) is 1. The first kappa shape index (κ1) is 11.6. The maximum Gasteiger partial charge on any atom is 0.171 e. The number of nitrogens with one attached hydrogen (secondary N) is 1. The van der Waals surface area contributed by atoms with Gasteiger partial charge in [-0.1, -0.05) is 23.7 Å². The molecule has 3 nitrogen and oxygen atoms in total. The molecule has 86 valence electrons. The third-order valence-electron chi connectivity index (χ3n) is 2.52. The van der Waals surface area contributed by atoms with Gasteiger partial charge in [0.2, 0.25) is 0 Å². The lowest BCUT2D eigenvalue weighted by molar-refractivity contribution is 0.0631. The summed E-state index contributed by atoms with van der Waals surface area (Å²) in [4.78, 5) is 2.03. The van der Waals surface area contributed by atoms with E-state index in [9.17, 15) is 0 Å². The lowest BCUT2D eigenvalue weighted by Gasteiger charge is -2.25. The molecule has 0 amide bonds. The highest BCUT2D eigenvalue weighted by atomic mass is 35.5. The van der Waals surface area contributed by atoms with Gasteiger partial charge in [-0.2, -0.15) is 0 Å². The smallest absolute Gasteiger partial charge is 0.171 e. The number of hydrogen-bond donors (Lipinski definition) is 1. The molecule has 1 saturated heterocycles. The van der Waals surface area contributed by atoms with Gasteiger partial charge in [-0.25, -0.2) is 0 Å². The summed E-state index contributed by atoms with van der Waals surface area (Å²) in [7, 11) is 1.82. The van der Waals surface area contributed by atoms with Crippen LogP contribution in [0, 0.1) is 0 Å². The van der Waals surface area contributed by atoms with Gasteiger partial charge in [0.05, 0.1) is 6.61 Å². The average molecular weight is 257 g/mol. The van der Waals surface area contributed by atoms with Crippen LogP contribution in [-0.4, -0.2) is 30.2 Å². The highest BCUT2D eigenvalue weighted by molar-refractivity contribution is 7.80. The maximum absolute atomic E-state index is 5.85. The van der Waals surface area contributed by atoms with E-state index in [0.717, 1.165) is 17.1 Å². The van der Waals surface area contributed by atoms with Crippen LogP contribution < -0.4 is 5.32 Å². The van der Waals surface area contributed by atoms with Crippen molar-refractivity contribution < 1.29 is 4.74 Å². The van der Waals surface area contributed by atoms with Crippen molar-refractivity contribution in [3.63, 3.8) is 0 Å². The van der Waals surface area contributed by atoms with Crippen LogP contribution in [0.2, 0.25) is 5.02 Å². The van der Waals surface area contributed by atoms with Gasteiger partial charge in [0.1, 0.15) is 0 Å². The Bertz CT molecular complexity index is 382. The van der Waals surface area contributed by atoms with E-state index < -0.39 is 0 Å². The molecule has 0 saturated carbocycles. The molecule has 1 N–H and O–H groups in total. The van der Waals surface area contributed by atoms with E-state index in [1.165, 1.54) is 0 Å². The molecule has 0 bridgehead atoms. The molecule has 1 aromatic rings. The molecule has 1 aromatic carbocycles. The number of hydrogen-bond acceptors (Lipinski definition) is 2. The fourth-order valence-electron chi connectivity index (χ4n) is 1.73. The zero-order valence-electron chi connectivity index (χ0n) is 8.94. The van der Waals surface area contributed by atoms with E-state index >= 15 is 0 Å². The van der Waals surface area contributed by atoms with Crippen LogP contribution >= 0.6 is 23.8 Å². The predicted octanol–water partition coefficient (Wildman–Crippen LogP) is 2.18. The van der Waals surface area contributed by atoms with Crippen molar-refractivity contribution in [3.8, 4) is 0 Å². The van der Waals surface area contributed by atoms with Crippen LogP contribution in [0.25, 0.3) is 0 Å². The van der Waals surface area contributed by atoms with Crippen LogP contribution in [0.1, 0.15) is 11.8 Å². The Morgan fingerprint density at radius 1 is 1.50 bits per heavy atom. The molecule has 1 aliphatic rings. The Morgan fingerprint density at radius 3 is 2.81 bits per heavy atom. The van der Waals surface area contributed by atoms with Crippen LogP contribution in [0.3, 0.4) is 0 Å². The van der Waals surface area contributed by atoms with Crippen molar-refractivity contribution in [2.45, 2.75) is 6.23 Å². The maximum atomic E-state index is 5.85. The summed E-state index contributed by atoms with van der Waals surface area (Å²) in [6, 6.07) is 7.64. The van der Waals surface area contributed by atoms with Gasteiger partial charge in [0.15, 0.2) is 11.3 Å². The Kier molecular flexibility index (Phi) is 3.63. The SMILES string of the molecule is CNC(=S)N1CCO[C@@H]1c1ccc(Cl)cc1. The molecule has 0 unspecified atom stereocenters. The van der Waals surface area contributed by atoms with E-state index in [4.69, 9.17) is 28.6 Å². The normalized spacial score (nSPS) is 19.9. The van der Waals surface area contributed by atoms with E-state index in [1.54, 1.807) is 0 Å². The molecule has 0 spiro atoms. The quantitative estimate of drug-likeness (QED) is 0.779. The summed E-state index contributed by atoms with van der Waals surface area (Å²) in [5.74, 6) is 0. The Balaban J connectivity index is 2.19. The molecule has 1 aliphatic heterocycles. The van der Waals surface area contributed by atoms with Crippen molar-refractivity contribution in [1.82, 2.24) is 10.2 Å². The van der Waals surface area contributed by atoms with Crippen molar-refractivity contribution >= 4 is 28.9 Å².